The summed E-state index contributed by atoms with van der Waals surface area (Å²) in [5.74, 6) is 1.03. The van der Waals surface area contributed by atoms with Gasteiger partial charge in [0.05, 0.1) is 17.1 Å². The number of benzene rings is 2. The third-order valence-electron chi connectivity index (χ3n) is 5.21. The molecule has 2 amide bonds. The molecule has 1 aromatic heterocycles. The summed E-state index contributed by atoms with van der Waals surface area (Å²) in [6.45, 7) is 5.47. The molecule has 156 valence electrons. The van der Waals surface area contributed by atoms with Crippen LogP contribution in [-0.4, -0.2) is 52.2 Å². The second-order valence-electron chi connectivity index (χ2n) is 7.24. The van der Waals surface area contributed by atoms with Crippen molar-refractivity contribution in [2.75, 3.05) is 31.5 Å². The van der Waals surface area contributed by atoms with Gasteiger partial charge in [-0.3, -0.25) is 4.90 Å². The van der Waals surface area contributed by atoms with Gasteiger partial charge >= 0.3 is 6.03 Å². The largest absolute Gasteiger partial charge is 0.334 e. The summed E-state index contributed by atoms with van der Waals surface area (Å²) in [4.78, 5) is 21.0. The number of hydrogen-bond acceptors (Lipinski definition) is 5. The van der Waals surface area contributed by atoms with Crippen molar-refractivity contribution in [1.82, 2.24) is 19.9 Å². The van der Waals surface area contributed by atoms with Crippen LogP contribution in [0.1, 0.15) is 18.3 Å². The van der Waals surface area contributed by atoms with Crippen LogP contribution in [0.5, 0.6) is 0 Å². The molecule has 1 fully saturated rings. The van der Waals surface area contributed by atoms with Crippen molar-refractivity contribution in [3.8, 4) is 11.5 Å². The standard InChI is InChI=1S/C22H24ClN5O2/c1-2-16-7-9-17(10-8-16)24-22(29)28-13-11-27(12-14-28)15-20-25-21(30-26-20)18-5-3-4-6-19(18)23/h3-10H,2,11-15H2,1H3,(H,24,29). The number of carbonyl (C=O) groups is 1. The van der Waals surface area contributed by atoms with Crippen LogP contribution in [0.15, 0.2) is 53.1 Å². The van der Waals surface area contributed by atoms with Crippen LogP contribution in [0, 0.1) is 0 Å². The Kier molecular flexibility index (Phi) is 6.30. The number of hydrogen-bond donors (Lipinski definition) is 1. The number of amides is 2. The Balaban J connectivity index is 1.28. The lowest BCUT2D eigenvalue weighted by atomic mass is 10.1. The molecule has 1 saturated heterocycles. The van der Waals surface area contributed by atoms with E-state index < -0.39 is 0 Å². The molecule has 1 aliphatic rings. The van der Waals surface area contributed by atoms with E-state index in [4.69, 9.17) is 16.1 Å². The van der Waals surface area contributed by atoms with Gasteiger partial charge in [-0.2, -0.15) is 4.98 Å². The molecule has 0 saturated carbocycles. The Morgan fingerprint density at radius 3 is 2.53 bits per heavy atom. The molecule has 3 aromatic rings. The summed E-state index contributed by atoms with van der Waals surface area (Å²) in [5.41, 5.74) is 2.80. The zero-order chi connectivity index (χ0) is 20.9. The molecular formula is C22H24ClN5O2. The Morgan fingerprint density at radius 2 is 1.83 bits per heavy atom. The van der Waals surface area contributed by atoms with E-state index >= 15 is 0 Å². The van der Waals surface area contributed by atoms with Crippen molar-refractivity contribution >= 4 is 23.3 Å². The van der Waals surface area contributed by atoms with Crippen LogP contribution >= 0.6 is 11.6 Å². The number of aryl methyl sites for hydroxylation is 1. The lowest BCUT2D eigenvalue weighted by Crippen LogP contribution is -2.49. The smallest absolute Gasteiger partial charge is 0.321 e. The molecule has 0 radical (unpaired) electrons. The van der Waals surface area contributed by atoms with Crippen molar-refractivity contribution < 1.29 is 9.32 Å². The first-order valence-corrected chi connectivity index (χ1v) is 10.4. The van der Waals surface area contributed by atoms with E-state index in [9.17, 15) is 4.79 Å². The molecule has 0 spiro atoms. The van der Waals surface area contributed by atoms with Crippen molar-refractivity contribution in [3.05, 3.63) is 64.9 Å². The van der Waals surface area contributed by atoms with Crippen molar-refractivity contribution in [1.29, 1.82) is 0 Å². The van der Waals surface area contributed by atoms with E-state index in [0.29, 0.717) is 36.4 Å². The average Bonchev–Trinajstić information content (AvgIpc) is 3.23. The van der Waals surface area contributed by atoms with Crippen LogP contribution in [-0.2, 0) is 13.0 Å². The number of nitrogens with zero attached hydrogens (tertiary/aromatic N) is 4. The van der Waals surface area contributed by atoms with Crippen molar-refractivity contribution in [2.24, 2.45) is 0 Å². The molecule has 0 bridgehead atoms. The molecule has 1 N–H and O–H groups in total. The van der Waals surface area contributed by atoms with Gasteiger partial charge < -0.3 is 14.7 Å². The van der Waals surface area contributed by atoms with Gasteiger partial charge in [-0.25, -0.2) is 4.79 Å². The van der Waals surface area contributed by atoms with Crippen LogP contribution in [0.2, 0.25) is 5.02 Å². The maximum Gasteiger partial charge on any atom is 0.321 e. The Labute approximate surface area is 180 Å². The van der Waals surface area contributed by atoms with Gasteiger partial charge in [0.1, 0.15) is 0 Å². The topological polar surface area (TPSA) is 74.5 Å². The van der Waals surface area contributed by atoms with Crippen LogP contribution in [0.25, 0.3) is 11.5 Å². The lowest BCUT2D eigenvalue weighted by Gasteiger charge is -2.34. The van der Waals surface area contributed by atoms with Gasteiger partial charge in [0.15, 0.2) is 5.82 Å². The molecule has 0 unspecified atom stereocenters. The van der Waals surface area contributed by atoms with Gasteiger partial charge in [0.25, 0.3) is 5.89 Å². The minimum Gasteiger partial charge on any atom is -0.334 e. The number of carbonyl (C=O) groups excluding carboxylic acids is 1. The fourth-order valence-electron chi connectivity index (χ4n) is 3.40. The first-order valence-electron chi connectivity index (χ1n) is 10.1. The zero-order valence-corrected chi connectivity index (χ0v) is 17.6. The molecule has 30 heavy (non-hydrogen) atoms. The molecular weight excluding hydrogens is 402 g/mol. The molecule has 0 atom stereocenters. The van der Waals surface area contributed by atoms with E-state index in [1.165, 1.54) is 5.56 Å². The second-order valence-corrected chi connectivity index (χ2v) is 7.65. The molecule has 8 heteroatoms. The molecule has 1 aliphatic heterocycles. The molecule has 2 aromatic carbocycles. The third-order valence-corrected chi connectivity index (χ3v) is 5.54. The second kappa shape index (κ2) is 9.28. The highest BCUT2D eigenvalue weighted by atomic mass is 35.5. The first kappa shape index (κ1) is 20.4. The van der Waals surface area contributed by atoms with Gasteiger partial charge in [-0.15, -0.1) is 0 Å². The summed E-state index contributed by atoms with van der Waals surface area (Å²) in [5, 5.41) is 7.62. The summed E-state index contributed by atoms with van der Waals surface area (Å²) < 4.78 is 5.37. The average molecular weight is 426 g/mol. The summed E-state index contributed by atoms with van der Waals surface area (Å²) in [7, 11) is 0. The van der Waals surface area contributed by atoms with E-state index in [-0.39, 0.29) is 6.03 Å². The van der Waals surface area contributed by atoms with Crippen molar-refractivity contribution in [3.63, 3.8) is 0 Å². The van der Waals surface area contributed by atoms with Crippen LogP contribution in [0.4, 0.5) is 10.5 Å². The Hall–Kier alpha value is -2.90. The summed E-state index contributed by atoms with van der Waals surface area (Å²) in [6, 6.07) is 15.3. The van der Waals surface area contributed by atoms with Crippen LogP contribution in [0.3, 0.4) is 0 Å². The first-order chi connectivity index (χ1) is 14.6. The molecule has 7 nitrogen and oxygen atoms in total. The summed E-state index contributed by atoms with van der Waals surface area (Å²) >= 11 is 6.20. The molecule has 2 heterocycles. The highest BCUT2D eigenvalue weighted by Gasteiger charge is 2.23. The summed E-state index contributed by atoms with van der Waals surface area (Å²) in [6.07, 6.45) is 0.983. The number of nitrogens with one attached hydrogen (secondary N) is 1. The van der Waals surface area contributed by atoms with E-state index in [1.54, 1.807) is 6.07 Å². The highest BCUT2D eigenvalue weighted by molar-refractivity contribution is 6.33. The third kappa shape index (κ3) is 4.80. The monoisotopic (exact) mass is 425 g/mol. The van der Waals surface area contributed by atoms with E-state index in [1.807, 2.05) is 47.4 Å². The Morgan fingerprint density at radius 1 is 1.10 bits per heavy atom. The highest BCUT2D eigenvalue weighted by Crippen LogP contribution is 2.26. The van der Waals surface area contributed by atoms with E-state index in [0.717, 1.165) is 30.8 Å². The number of piperazine rings is 1. The zero-order valence-electron chi connectivity index (χ0n) is 16.8. The van der Waals surface area contributed by atoms with E-state index in [2.05, 4.69) is 27.3 Å². The number of urea groups is 1. The number of aromatic nitrogens is 2. The number of anilines is 1. The van der Waals surface area contributed by atoms with Gasteiger partial charge in [0, 0.05) is 31.9 Å². The Bertz CT molecular complexity index is 997. The molecule has 4 rings (SSSR count). The SMILES string of the molecule is CCc1ccc(NC(=O)N2CCN(Cc3noc(-c4ccccc4Cl)n3)CC2)cc1. The maximum absolute atomic E-state index is 12.5. The lowest BCUT2D eigenvalue weighted by molar-refractivity contribution is 0.140. The predicted octanol–water partition coefficient (Wildman–Crippen LogP) is 4.30. The van der Waals surface area contributed by atoms with Crippen LogP contribution < -0.4 is 5.32 Å². The quantitative estimate of drug-likeness (QED) is 0.659. The number of halogens is 1. The predicted molar refractivity (Wildman–Crippen MR) is 116 cm³/mol. The molecule has 0 aliphatic carbocycles. The minimum absolute atomic E-state index is 0.0699. The minimum atomic E-state index is -0.0699. The fraction of sp³-hybridized carbons (Fsp3) is 0.318. The van der Waals surface area contributed by atoms with Gasteiger partial charge in [-0.1, -0.05) is 47.9 Å². The van der Waals surface area contributed by atoms with Gasteiger partial charge in [0.2, 0.25) is 0 Å². The maximum atomic E-state index is 12.5. The van der Waals surface area contributed by atoms with Gasteiger partial charge in [-0.05, 0) is 36.2 Å². The normalized spacial score (nSPS) is 14.7. The number of rotatable bonds is 5. The van der Waals surface area contributed by atoms with Crippen molar-refractivity contribution in [2.45, 2.75) is 19.9 Å². The fourth-order valence-corrected chi connectivity index (χ4v) is 3.61.